The van der Waals surface area contributed by atoms with Crippen LogP contribution < -0.4 is 15.0 Å². The molecule has 3 rings (SSSR count). The molecule has 2 aromatic carbocycles. The SMILES string of the molecule is COc1ccc(CCN(C)C(=O)Cc2nn(C)c(=O)c3ccccc23)cc1OC. The van der Waals surface area contributed by atoms with Crippen LogP contribution in [0.15, 0.2) is 47.3 Å². The summed E-state index contributed by atoms with van der Waals surface area (Å²) in [5.41, 5.74) is 1.48. The van der Waals surface area contributed by atoms with Gasteiger partial charge in [-0.15, -0.1) is 0 Å². The minimum atomic E-state index is -0.168. The predicted octanol–water partition coefficient (Wildman–Crippen LogP) is 2.19. The first kappa shape index (κ1) is 20.4. The molecule has 1 aromatic heterocycles. The molecule has 7 heteroatoms. The van der Waals surface area contributed by atoms with Crippen LogP contribution in [0.3, 0.4) is 0 Å². The summed E-state index contributed by atoms with van der Waals surface area (Å²) in [4.78, 5) is 26.7. The molecule has 0 fully saturated rings. The van der Waals surface area contributed by atoms with Crippen LogP contribution in [0.25, 0.3) is 10.8 Å². The Bertz CT molecular complexity index is 1090. The van der Waals surface area contributed by atoms with Crippen LogP contribution in [0, 0.1) is 0 Å². The predicted molar refractivity (Wildman–Crippen MR) is 112 cm³/mol. The highest BCUT2D eigenvalue weighted by Gasteiger charge is 2.15. The minimum absolute atomic E-state index is 0.0539. The second-order valence-corrected chi connectivity index (χ2v) is 6.85. The Morgan fingerprint density at radius 1 is 1.07 bits per heavy atom. The van der Waals surface area contributed by atoms with E-state index in [1.807, 2.05) is 36.4 Å². The largest absolute Gasteiger partial charge is 0.493 e. The van der Waals surface area contributed by atoms with E-state index in [0.29, 0.717) is 35.5 Å². The van der Waals surface area contributed by atoms with Gasteiger partial charge in [-0.2, -0.15) is 5.10 Å². The summed E-state index contributed by atoms with van der Waals surface area (Å²) in [5.74, 6) is 1.29. The molecular formula is C22H25N3O4. The fourth-order valence-electron chi connectivity index (χ4n) is 3.24. The molecule has 29 heavy (non-hydrogen) atoms. The summed E-state index contributed by atoms with van der Waals surface area (Å²) in [5, 5.41) is 5.60. The number of nitrogens with zero attached hydrogens (tertiary/aromatic N) is 3. The lowest BCUT2D eigenvalue weighted by Gasteiger charge is -2.18. The van der Waals surface area contributed by atoms with E-state index < -0.39 is 0 Å². The number of likely N-dealkylation sites (N-methyl/N-ethyl adjacent to an activating group) is 1. The number of rotatable bonds is 7. The van der Waals surface area contributed by atoms with Crippen LogP contribution in [0.1, 0.15) is 11.3 Å². The summed E-state index contributed by atoms with van der Waals surface area (Å²) in [6.07, 6.45) is 0.821. The molecule has 0 saturated carbocycles. The van der Waals surface area contributed by atoms with E-state index in [1.165, 1.54) is 4.68 Å². The summed E-state index contributed by atoms with van der Waals surface area (Å²) in [6.45, 7) is 0.554. The molecular weight excluding hydrogens is 370 g/mol. The minimum Gasteiger partial charge on any atom is -0.493 e. The Kier molecular flexibility index (Phi) is 6.16. The zero-order valence-corrected chi connectivity index (χ0v) is 17.1. The Balaban J connectivity index is 1.71. The molecule has 7 nitrogen and oxygen atoms in total. The first-order chi connectivity index (χ1) is 13.9. The summed E-state index contributed by atoms with van der Waals surface area (Å²) >= 11 is 0. The fourth-order valence-corrected chi connectivity index (χ4v) is 3.24. The Morgan fingerprint density at radius 2 is 1.76 bits per heavy atom. The van der Waals surface area contributed by atoms with Crippen molar-refractivity contribution in [2.45, 2.75) is 12.8 Å². The maximum atomic E-state index is 12.8. The summed E-state index contributed by atoms with van der Waals surface area (Å²) in [7, 11) is 6.57. The van der Waals surface area contributed by atoms with Gasteiger partial charge in [0, 0.05) is 26.0 Å². The number of aromatic nitrogens is 2. The van der Waals surface area contributed by atoms with E-state index in [-0.39, 0.29) is 17.9 Å². The molecule has 0 unspecified atom stereocenters. The number of carbonyl (C=O) groups excluding carboxylic acids is 1. The average Bonchev–Trinajstić information content (AvgIpc) is 2.75. The third-order valence-electron chi connectivity index (χ3n) is 4.96. The van der Waals surface area contributed by atoms with E-state index in [0.717, 1.165) is 10.9 Å². The van der Waals surface area contributed by atoms with Gasteiger partial charge >= 0.3 is 0 Å². The van der Waals surface area contributed by atoms with E-state index >= 15 is 0 Å². The van der Waals surface area contributed by atoms with Gasteiger partial charge in [-0.1, -0.05) is 24.3 Å². The third-order valence-corrected chi connectivity index (χ3v) is 4.96. The average molecular weight is 395 g/mol. The molecule has 0 bridgehead atoms. The monoisotopic (exact) mass is 395 g/mol. The number of ether oxygens (including phenoxy) is 2. The van der Waals surface area contributed by atoms with Crippen molar-refractivity contribution < 1.29 is 14.3 Å². The number of benzene rings is 2. The number of amides is 1. The van der Waals surface area contributed by atoms with Crippen LogP contribution in [0.5, 0.6) is 11.5 Å². The second-order valence-electron chi connectivity index (χ2n) is 6.85. The van der Waals surface area contributed by atoms with Crippen molar-refractivity contribution in [1.82, 2.24) is 14.7 Å². The number of hydrogen-bond donors (Lipinski definition) is 0. The highest BCUT2D eigenvalue weighted by Crippen LogP contribution is 2.27. The lowest BCUT2D eigenvalue weighted by Crippen LogP contribution is -2.31. The lowest BCUT2D eigenvalue weighted by molar-refractivity contribution is -0.129. The van der Waals surface area contributed by atoms with Crippen molar-refractivity contribution in [3.63, 3.8) is 0 Å². The zero-order valence-electron chi connectivity index (χ0n) is 17.1. The molecule has 0 aliphatic carbocycles. The van der Waals surface area contributed by atoms with E-state index in [9.17, 15) is 9.59 Å². The molecule has 0 atom stereocenters. The van der Waals surface area contributed by atoms with Crippen LogP contribution >= 0.6 is 0 Å². The fraction of sp³-hybridized carbons (Fsp3) is 0.318. The molecule has 3 aromatic rings. The number of carbonyl (C=O) groups is 1. The molecule has 152 valence electrons. The van der Waals surface area contributed by atoms with Crippen molar-refractivity contribution in [3.8, 4) is 11.5 Å². The number of hydrogen-bond acceptors (Lipinski definition) is 5. The Hall–Kier alpha value is -3.35. The topological polar surface area (TPSA) is 73.7 Å². The van der Waals surface area contributed by atoms with Gasteiger partial charge in [0.05, 0.1) is 31.7 Å². The Morgan fingerprint density at radius 3 is 2.45 bits per heavy atom. The molecule has 0 radical (unpaired) electrons. The normalized spacial score (nSPS) is 10.8. The molecule has 0 saturated heterocycles. The smallest absolute Gasteiger partial charge is 0.274 e. The molecule has 1 heterocycles. The van der Waals surface area contributed by atoms with Crippen molar-refractivity contribution in [3.05, 3.63) is 64.1 Å². The molecule has 0 spiro atoms. The van der Waals surface area contributed by atoms with Crippen LogP contribution in [0.2, 0.25) is 0 Å². The first-order valence-electron chi connectivity index (χ1n) is 9.34. The maximum Gasteiger partial charge on any atom is 0.274 e. The summed E-state index contributed by atoms with van der Waals surface area (Å²) in [6, 6.07) is 13.0. The van der Waals surface area contributed by atoms with Crippen molar-refractivity contribution in [2.24, 2.45) is 7.05 Å². The van der Waals surface area contributed by atoms with Gasteiger partial charge in [0.15, 0.2) is 11.5 Å². The van der Waals surface area contributed by atoms with E-state index in [2.05, 4.69) is 5.10 Å². The highest BCUT2D eigenvalue weighted by atomic mass is 16.5. The van der Waals surface area contributed by atoms with Gasteiger partial charge in [0.25, 0.3) is 5.56 Å². The molecule has 0 aliphatic rings. The van der Waals surface area contributed by atoms with Gasteiger partial charge in [0.2, 0.25) is 5.91 Å². The second kappa shape index (κ2) is 8.77. The van der Waals surface area contributed by atoms with Crippen LogP contribution in [0.4, 0.5) is 0 Å². The summed E-state index contributed by atoms with van der Waals surface area (Å²) < 4.78 is 11.9. The molecule has 1 amide bonds. The number of fused-ring (bicyclic) bond motifs is 1. The van der Waals surface area contributed by atoms with Crippen LogP contribution in [-0.2, 0) is 24.7 Å². The van der Waals surface area contributed by atoms with Gasteiger partial charge < -0.3 is 14.4 Å². The Labute approximate surface area is 169 Å². The van der Waals surface area contributed by atoms with Crippen LogP contribution in [-0.4, -0.2) is 48.4 Å². The van der Waals surface area contributed by atoms with E-state index in [4.69, 9.17) is 9.47 Å². The third kappa shape index (κ3) is 4.39. The quantitative estimate of drug-likeness (QED) is 0.613. The van der Waals surface area contributed by atoms with Gasteiger partial charge in [-0.3, -0.25) is 9.59 Å². The molecule has 0 N–H and O–H groups in total. The number of methoxy groups -OCH3 is 2. The zero-order chi connectivity index (χ0) is 21.0. The van der Waals surface area contributed by atoms with Gasteiger partial charge in [-0.05, 0) is 30.2 Å². The van der Waals surface area contributed by atoms with Crippen molar-refractivity contribution in [1.29, 1.82) is 0 Å². The molecule has 0 aliphatic heterocycles. The van der Waals surface area contributed by atoms with Gasteiger partial charge in [-0.25, -0.2) is 4.68 Å². The van der Waals surface area contributed by atoms with Gasteiger partial charge in [0.1, 0.15) is 0 Å². The highest BCUT2D eigenvalue weighted by molar-refractivity contribution is 5.88. The standard InChI is InChI=1S/C22H25N3O4/c1-24(12-11-15-9-10-19(28-3)20(13-15)29-4)21(26)14-18-16-7-5-6-8-17(16)22(27)25(2)23-18/h5-10,13H,11-12,14H2,1-4H3. The first-order valence-corrected chi connectivity index (χ1v) is 9.34. The van der Waals surface area contributed by atoms with Crippen molar-refractivity contribution >= 4 is 16.7 Å². The van der Waals surface area contributed by atoms with E-state index in [1.54, 1.807) is 39.3 Å². The maximum absolute atomic E-state index is 12.8. The lowest BCUT2D eigenvalue weighted by atomic mass is 10.1. The number of aryl methyl sites for hydroxylation is 1. The van der Waals surface area contributed by atoms with Crippen molar-refractivity contribution in [2.75, 3.05) is 27.8 Å².